The van der Waals surface area contributed by atoms with Crippen molar-refractivity contribution in [3.8, 4) is 0 Å². The largest absolute Gasteiger partial charge is 0.350 e. The third kappa shape index (κ3) is 1.83. The van der Waals surface area contributed by atoms with E-state index in [0.717, 1.165) is 31.0 Å². The zero-order valence-electron chi connectivity index (χ0n) is 13.7. The first-order valence-corrected chi connectivity index (χ1v) is 8.19. The van der Waals surface area contributed by atoms with Crippen LogP contribution in [0, 0.1) is 16.7 Å². The van der Waals surface area contributed by atoms with Gasteiger partial charge in [-0.25, -0.2) is 0 Å². The molecule has 4 heteroatoms. The average Bonchev–Trinajstić information content (AvgIpc) is 2.71. The second kappa shape index (κ2) is 4.97. The highest BCUT2D eigenvalue weighted by Crippen LogP contribution is 2.64. The Kier molecular flexibility index (Phi) is 3.91. The summed E-state index contributed by atoms with van der Waals surface area (Å²) in [5, 5.41) is 0.820. The minimum atomic E-state index is -0.171. The standard InChI is InChI=1S/C16H28N2OS/c1-7-18(8-2)14(20)17(6)12-11-9-10-16(5,13(12)19)15(11,3)4/h11-12H,7-10H2,1-6H3. The topological polar surface area (TPSA) is 23.6 Å². The van der Waals surface area contributed by atoms with E-state index in [9.17, 15) is 4.79 Å². The van der Waals surface area contributed by atoms with Gasteiger partial charge < -0.3 is 9.80 Å². The van der Waals surface area contributed by atoms with Crippen LogP contribution >= 0.6 is 12.2 Å². The minimum absolute atomic E-state index is 0.0307. The molecule has 0 heterocycles. The maximum atomic E-state index is 12.9. The Hall–Kier alpha value is -0.640. The molecule has 20 heavy (non-hydrogen) atoms. The van der Waals surface area contributed by atoms with Crippen LogP contribution in [0.3, 0.4) is 0 Å². The molecule has 0 spiro atoms. The van der Waals surface area contributed by atoms with E-state index in [-0.39, 0.29) is 16.9 Å². The number of likely N-dealkylation sites (N-methyl/N-ethyl adjacent to an activating group) is 1. The summed E-state index contributed by atoms with van der Waals surface area (Å²) in [4.78, 5) is 17.2. The van der Waals surface area contributed by atoms with E-state index in [1.807, 2.05) is 7.05 Å². The second-order valence-electron chi connectivity index (χ2n) is 7.07. The van der Waals surface area contributed by atoms with Gasteiger partial charge in [0.05, 0.1) is 6.04 Å². The summed E-state index contributed by atoms with van der Waals surface area (Å²) in [6.45, 7) is 12.7. The summed E-state index contributed by atoms with van der Waals surface area (Å²) in [6, 6.07) is -0.0307. The molecule has 0 aromatic carbocycles. The maximum Gasteiger partial charge on any atom is 0.171 e. The Balaban J connectivity index is 2.27. The van der Waals surface area contributed by atoms with Crippen molar-refractivity contribution >= 4 is 23.1 Å². The predicted molar refractivity (Wildman–Crippen MR) is 86.7 cm³/mol. The molecule has 0 N–H and O–H groups in total. The number of carbonyl (C=O) groups is 1. The third-order valence-electron chi connectivity index (χ3n) is 6.25. The zero-order valence-corrected chi connectivity index (χ0v) is 14.5. The Morgan fingerprint density at radius 2 is 1.85 bits per heavy atom. The highest BCUT2D eigenvalue weighted by molar-refractivity contribution is 7.80. The molecule has 0 amide bonds. The Morgan fingerprint density at radius 3 is 2.25 bits per heavy atom. The van der Waals surface area contributed by atoms with Gasteiger partial charge in [0, 0.05) is 25.6 Å². The summed E-state index contributed by atoms with van der Waals surface area (Å²) in [5.74, 6) is 0.828. The summed E-state index contributed by atoms with van der Waals surface area (Å²) >= 11 is 5.61. The van der Waals surface area contributed by atoms with E-state index in [2.05, 4.69) is 44.4 Å². The highest BCUT2D eigenvalue weighted by Gasteiger charge is 2.67. The molecule has 2 bridgehead atoms. The number of hydrogen-bond acceptors (Lipinski definition) is 2. The second-order valence-corrected chi connectivity index (χ2v) is 7.44. The number of carbonyl (C=O) groups excluding carboxylic acids is 1. The van der Waals surface area contributed by atoms with Gasteiger partial charge in [0.25, 0.3) is 0 Å². The van der Waals surface area contributed by atoms with Crippen LogP contribution in [0.2, 0.25) is 0 Å². The van der Waals surface area contributed by atoms with Crippen LogP contribution in [-0.2, 0) is 4.79 Å². The van der Waals surface area contributed by atoms with Crippen LogP contribution in [0.1, 0.15) is 47.5 Å². The van der Waals surface area contributed by atoms with E-state index >= 15 is 0 Å². The molecule has 3 atom stereocenters. The lowest BCUT2D eigenvalue weighted by Crippen LogP contribution is -2.51. The summed E-state index contributed by atoms with van der Waals surface area (Å²) in [7, 11) is 2.00. The van der Waals surface area contributed by atoms with Gasteiger partial charge in [0.15, 0.2) is 10.9 Å². The van der Waals surface area contributed by atoms with E-state index in [1.54, 1.807) is 0 Å². The molecule has 0 saturated heterocycles. The Morgan fingerprint density at radius 1 is 1.30 bits per heavy atom. The van der Waals surface area contributed by atoms with Crippen molar-refractivity contribution in [2.24, 2.45) is 16.7 Å². The van der Waals surface area contributed by atoms with Gasteiger partial charge in [0.2, 0.25) is 0 Å². The van der Waals surface area contributed by atoms with Gasteiger partial charge in [-0.1, -0.05) is 20.8 Å². The molecule has 2 aliphatic carbocycles. The highest BCUT2D eigenvalue weighted by atomic mass is 32.1. The van der Waals surface area contributed by atoms with E-state index < -0.39 is 0 Å². The number of rotatable bonds is 3. The fraction of sp³-hybridized carbons (Fsp3) is 0.875. The lowest BCUT2D eigenvalue weighted by molar-refractivity contribution is -0.131. The molecule has 114 valence electrons. The average molecular weight is 296 g/mol. The molecule has 0 radical (unpaired) electrons. The third-order valence-corrected chi connectivity index (χ3v) is 6.80. The molecule has 0 aromatic rings. The molecule has 2 saturated carbocycles. The first-order chi connectivity index (χ1) is 9.22. The molecule has 0 aromatic heterocycles. The van der Waals surface area contributed by atoms with Gasteiger partial charge in [0.1, 0.15) is 0 Å². The van der Waals surface area contributed by atoms with Crippen molar-refractivity contribution in [3.05, 3.63) is 0 Å². The number of Topliss-reactive ketones (excluding diaryl/α,β-unsaturated/α-hetero) is 1. The number of ketones is 1. The molecular formula is C16H28N2OS. The molecule has 2 fully saturated rings. The number of fused-ring (bicyclic) bond motifs is 2. The van der Waals surface area contributed by atoms with Gasteiger partial charge >= 0.3 is 0 Å². The van der Waals surface area contributed by atoms with Gasteiger partial charge in [-0.3, -0.25) is 4.79 Å². The molecule has 3 unspecified atom stereocenters. The van der Waals surface area contributed by atoms with Crippen LogP contribution in [0.25, 0.3) is 0 Å². The van der Waals surface area contributed by atoms with E-state index in [1.165, 1.54) is 0 Å². The molecule has 2 rings (SSSR count). The zero-order chi connectivity index (χ0) is 15.3. The Bertz CT molecular complexity index is 430. The summed E-state index contributed by atoms with van der Waals surface area (Å²) in [5.41, 5.74) is -0.0860. The lowest BCUT2D eigenvalue weighted by atomic mass is 9.70. The maximum absolute atomic E-state index is 12.9. The van der Waals surface area contributed by atoms with Crippen molar-refractivity contribution < 1.29 is 4.79 Å². The quantitative estimate of drug-likeness (QED) is 0.747. The smallest absolute Gasteiger partial charge is 0.171 e. The molecule has 2 aliphatic rings. The van der Waals surface area contributed by atoms with Crippen LogP contribution in [-0.4, -0.2) is 46.9 Å². The van der Waals surface area contributed by atoms with Crippen LogP contribution in [0.4, 0.5) is 0 Å². The van der Waals surface area contributed by atoms with Crippen molar-refractivity contribution in [2.45, 2.75) is 53.5 Å². The van der Waals surface area contributed by atoms with Crippen LogP contribution in [0.15, 0.2) is 0 Å². The van der Waals surface area contributed by atoms with E-state index in [0.29, 0.717) is 11.7 Å². The van der Waals surface area contributed by atoms with Crippen LogP contribution in [0.5, 0.6) is 0 Å². The van der Waals surface area contributed by atoms with Crippen molar-refractivity contribution in [3.63, 3.8) is 0 Å². The molecule has 0 aliphatic heterocycles. The van der Waals surface area contributed by atoms with Crippen molar-refractivity contribution in [1.29, 1.82) is 0 Å². The first kappa shape index (κ1) is 15.7. The Labute approximate surface area is 128 Å². The van der Waals surface area contributed by atoms with Crippen LogP contribution < -0.4 is 0 Å². The SMILES string of the molecule is CCN(CC)C(=S)N(C)C1C(=O)C2(C)CCC1C2(C)C. The predicted octanol–water partition coefficient (Wildman–Crippen LogP) is 2.94. The normalized spacial score (nSPS) is 34.4. The summed E-state index contributed by atoms with van der Waals surface area (Å²) < 4.78 is 0. The minimum Gasteiger partial charge on any atom is -0.350 e. The fourth-order valence-corrected chi connectivity index (χ4v) is 4.69. The lowest BCUT2D eigenvalue weighted by Gasteiger charge is -2.37. The monoisotopic (exact) mass is 296 g/mol. The van der Waals surface area contributed by atoms with Gasteiger partial charge in [-0.15, -0.1) is 0 Å². The van der Waals surface area contributed by atoms with E-state index in [4.69, 9.17) is 12.2 Å². The number of hydrogen-bond donors (Lipinski definition) is 0. The fourth-order valence-electron chi connectivity index (χ4n) is 4.32. The molecular weight excluding hydrogens is 268 g/mol. The van der Waals surface area contributed by atoms with Gasteiger partial charge in [-0.2, -0.15) is 0 Å². The summed E-state index contributed by atoms with van der Waals surface area (Å²) in [6.07, 6.45) is 2.18. The van der Waals surface area contributed by atoms with Crippen molar-refractivity contribution in [1.82, 2.24) is 9.80 Å². The van der Waals surface area contributed by atoms with Crippen molar-refractivity contribution in [2.75, 3.05) is 20.1 Å². The molecule has 3 nitrogen and oxygen atoms in total. The number of nitrogens with zero attached hydrogens (tertiary/aromatic N) is 2. The van der Waals surface area contributed by atoms with Gasteiger partial charge in [-0.05, 0) is 50.2 Å². The first-order valence-electron chi connectivity index (χ1n) is 7.78. The number of thiocarbonyl (C=S) groups is 1.